The van der Waals surface area contributed by atoms with E-state index in [-0.39, 0.29) is 5.41 Å². The molecule has 1 aromatic rings. The van der Waals surface area contributed by atoms with Crippen molar-refractivity contribution < 1.29 is 9.53 Å². The van der Waals surface area contributed by atoms with Crippen molar-refractivity contribution in [1.29, 1.82) is 0 Å². The summed E-state index contributed by atoms with van der Waals surface area (Å²) in [5.74, 6) is 0.843. The van der Waals surface area contributed by atoms with Crippen molar-refractivity contribution in [3.05, 3.63) is 24.3 Å². The molecule has 0 radical (unpaired) electrons. The highest BCUT2D eigenvalue weighted by molar-refractivity contribution is 5.61. The summed E-state index contributed by atoms with van der Waals surface area (Å²) in [6.45, 7) is 4.75. The van der Waals surface area contributed by atoms with Crippen LogP contribution in [0.15, 0.2) is 24.3 Å². The summed E-state index contributed by atoms with van der Waals surface area (Å²) in [5.41, 5.74) is 0.807. The average Bonchev–Trinajstić information content (AvgIpc) is 2.38. The van der Waals surface area contributed by atoms with E-state index in [1.54, 1.807) is 7.11 Å². The predicted molar refractivity (Wildman–Crippen MR) is 70.7 cm³/mol. The van der Waals surface area contributed by atoms with Gasteiger partial charge in [0, 0.05) is 24.7 Å². The van der Waals surface area contributed by atoms with Crippen molar-refractivity contribution in [2.45, 2.75) is 20.3 Å². The molecule has 94 valence electrons. The van der Waals surface area contributed by atoms with E-state index in [1.807, 2.05) is 45.2 Å². The van der Waals surface area contributed by atoms with Crippen molar-refractivity contribution >= 4 is 12.0 Å². The molecule has 17 heavy (non-hydrogen) atoms. The maximum absolute atomic E-state index is 11.1. The maximum Gasteiger partial charge on any atom is 0.127 e. The van der Waals surface area contributed by atoms with E-state index in [1.165, 1.54) is 0 Å². The number of methoxy groups -OCH3 is 1. The minimum Gasteiger partial charge on any atom is -0.497 e. The largest absolute Gasteiger partial charge is 0.497 e. The summed E-state index contributed by atoms with van der Waals surface area (Å²) in [6.07, 6.45) is 1.89. The monoisotopic (exact) mass is 235 g/mol. The number of carbonyl (C=O) groups is 1. The molecule has 0 saturated heterocycles. The second kappa shape index (κ2) is 5.71. The summed E-state index contributed by atoms with van der Waals surface area (Å²) in [6, 6.07) is 7.85. The molecule has 0 fully saturated rings. The molecule has 0 aliphatic heterocycles. The molecule has 1 unspecified atom stereocenters. The summed E-state index contributed by atoms with van der Waals surface area (Å²) < 4.78 is 5.12. The highest BCUT2D eigenvalue weighted by Gasteiger charge is 2.23. The topological polar surface area (TPSA) is 29.5 Å². The quantitative estimate of drug-likeness (QED) is 0.710. The maximum atomic E-state index is 11.1. The van der Waals surface area contributed by atoms with Gasteiger partial charge >= 0.3 is 0 Å². The molecule has 0 aliphatic carbocycles. The normalized spacial score (nSPS) is 13.9. The Hall–Kier alpha value is -1.51. The number of hydrogen-bond donors (Lipinski definition) is 0. The number of aldehydes is 1. The molecule has 0 saturated carbocycles. The van der Waals surface area contributed by atoms with Gasteiger partial charge in [0.15, 0.2) is 0 Å². The van der Waals surface area contributed by atoms with Crippen LogP contribution in [-0.2, 0) is 4.79 Å². The Morgan fingerprint density at radius 2 is 1.94 bits per heavy atom. The fraction of sp³-hybridized carbons (Fsp3) is 0.500. The Morgan fingerprint density at radius 3 is 2.35 bits per heavy atom. The zero-order valence-corrected chi connectivity index (χ0v) is 11.1. The Bertz CT molecular complexity index is 361. The predicted octanol–water partition coefficient (Wildman–Crippen LogP) is 2.75. The number of nitrogens with zero attached hydrogens (tertiary/aromatic N) is 1. The van der Waals surface area contributed by atoms with Gasteiger partial charge in [0.1, 0.15) is 12.0 Å². The molecular weight excluding hydrogens is 214 g/mol. The van der Waals surface area contributed by atoms with Crippen LogP contribution in [0.4, 0.5) is 5.69 Å². The number of anilines is 1. The number of hydrogen-bond acceptors (Lipinski definition) is 3. The summed E-state index contributed by atoms with van der Waals surface area (Å²) >= 11 is 0. The Balaban J connectivity index is 2.75. The van der Waals surface area contributed by atoms with Crippen molar-refractivity contribution in [3.63, 3.8) is 0 Å². The van der Waals surface area contributed by atoms with Crippen LogP contribution in [-0.4, -0.2) is 27.0 Å². The van der Waals surface area contributed by atoms with Gasteiger partial charge in [-0.05, 0) is 30.7 Å². The van der Waals surface area contributed by atoms with Crippen molar-refractivity contribution in [1.82, 2.24) is 0 Å². The first-order valence-electron chi connectivity index (χ1n) is 5.86. The van der Waals surface area contributed by atoms with E-state index in [4.69, 9.17) is 4.74 Å². The lowest BCUT2D eigenvalue weighted by atomic mass is 9.89. The molecule has 0 N–H and O–H groups in total. The van der Waals surface area contributed by atoms with Crippen molar-refractivity contribution in [2.75, 3.05) is 25.6 Å². The second-order valence-corrected chi connectivity index (χ2v) is 4.68. The zero-order valence-electron chi connectivity index (χ0n) is 11.1. The van der Waals surface area contributed by atoms with Gasteiger partial charge in [0.2, 0.25) is 0 Å². The van der Waals surface area contributed by atoms with Gasteiger partial charge in [-0.25, -0.2) is 0 Å². The lowest BCUT2D eigenvalue weighted by Gasteiger charge is -2.29. The van der Waals surface area contributed by atoms with Gasteiger partial charge in [-0.1, -0.05) is 13.8 Å². The van der Waals surface area contributed by atoms with Crippen molar-refractivity contribution in [3.8, 4) is 5.75 Å². The van der Waals surface area contributed by atoms with E-state index in [2.05, 4.69) is 4.90 Å². The first-order chi connectivity index (χ1) is 8.04. The summed E-state index contributed by atoms with van der Waals surface area (Å²) in [5, 5.41) is 0. The number of ether oxygens (including phenoxy) is 1. The van der Waals surface area contributed by atoms with E-state index < -0.39 is 0 Å². The molecule has 1 atom stereocenters. The second-order valence-electron chi connectivity index (χ2n) is 4.68. The molecular formula is C14H21NO2. The first-order valence-corrected chi connectivity index (χ1v) is 5.86. The van der Waals surface area contributed by atoms with Gasteiger partial charge in [0.05, 0.1) is 7.11 Å². The highest BCUT2D eigenvalue weighted by Crippen LogP contribution is 2.24. The van der Waals surface area contributed by atoms with Crippen LogP contribution in [0.2, 0.25) is 0 Å². The SMILES string of the molecule is CCC(C)(C=O)CN(C)c1ccc(OC)cc1. The van der Waals surface area contributed by atoms with Gasteiger partial charge in [-0.3, -0.25) is 0 Å². The Morgan fingerprint density at radius 1 is 1.35 bits per heavy atom. The minimum atomic E-state index is -0.283. The highest BCUT2D eigenvalue weighted by atomic mass is 16.5. The molecule has 0 amide bonds. The Kier molecular flexibility index (Phi) is 4.55. The number of benzene rings is 1. The molecule has 0 aromatic heterocycles. The van der Waals surface area contributed by atoms with Gasteiger partial charge in [0.25, 0.3) is 0 Å². The van der Waals surface area contributed by atoms with Gasteiger partial charge in [-0.2, -0.15) is 0 Å². The van der Waals surface area contributed by atoms with Crippen LogP contribution in [0.5, 0.6) is 5.75 Å². The third kappa shape index (κ3) is 3.48. The molecule has 0 spiro atoms. The molecule has 0 heterocycles. The van der Waals surface area contributed by atoms with E-state index >= 15 is 0 Å². The van der Waals surface area contributed by atoms with Gasteiger partial charge in [-0.15, -0.1) is 0 Å². The van der Waals surface area contributed by atoms with Crippen LogP contribution in [0, 0.1) is 5.41 Å². The fourth-order valence-corrected chi connectivity index (χ4v) is 1.70. The van der Waals surface area contributed by atoms with E-state index in [9.17, 15) is 4.79 Å². The molecule has 3 nitrogen and oxygen atoms in total. The van der Waals surface area contributed by atoms with Crippen molar-refractivity contribution in [2.24, 2.45) is 5.41 Å². The molecule has 0 bridgehead atoms. The summed E-state index contributed by atoms with van der Waals surface area (Å²) in [7, 11) is 3.65. The van der Waals surface area contributed by atoms with E-state index in [0.717, 1.165) is 30.7 Å². The smallest absolute Gasteiger partial charge is 0.127 e. The van der Waals surface area contributed by atoms with Crippen LogP contribution in [0.1, 0.15) is 20.3 Å². The number of rotatable bonds is 6. The Labute approximate surface area is 103 Å². The lowest BCUT2D eigenvalue weighted by Crippen LogP contribution is -2.34. The minimum absolute atomic E-state index is 0.283. The average molecular weight is 235 g/mol. The molecule has 1 aromatic carbocycles. The fourth-order valence-electron chi connectivity index (χ4n) is 1.70. The molecule has 0 aliphatic rings. The third-order valence-corrected chi connectivity index (χ3v) is 3.20. The molecule has 1 rings (SSSR count). The van der Waals surface area contributed by atoms with Gasteiger partial charge < -0.3 is 14.4 Å². The standard InChI is InChI=1S/C14H21NO2/c1-5-14(2,11-16)10-15(3)12-6-8-13(17-4)9-7-12/h6-9,11H,5,10H2,1-4H3. The zero-order chi connectivity index (χ0) is 12.9. The lowest BCUT2D eigenvalue weighted by molar-refractivity contribution is -0.115. The summed E-state index contributed by atoms with van der Waals surface area (Å²) in [4.78, 5) is 13.2. The van der Waals surface area contributed by atoms with E-state index in [0.29, 0.717) is 0 Å². The van der Waals surface area contributed by atoms with Crippen LogP contribution < -0.4 is 9.64 Å². The number of carbonyl (C=O) groups excluding carboxylic acids is 1. The van der Waals surface area contributed by atoms with Crippen LogP contribution >= 0.6 is 0 Å². The molecule has 3 heteroatoms. The van der Waals surface area contributed by atoms with Crippen LogP contribution in [0.25, 0.3) is 0 Å². The third-order valence-electron chi connectivity index (χ3n) is 3.20. The first kappa shape index (κ1) is 13.6. The van der Waals surface area contributed by atoms with Crippen LogP contribution in [0.3, 0.4) is 0 Å².